The van der Waals surface area contributed by atoms with Crippen molar-refractivity contribution in [3.05, 3.63) is 53.1 Å². The molecular weight excluding hydrogens is 266 g/mol. The molecule has 5 nitrogen and oxygen atoms in total. The maximum Gasteiger partial charge on any atom is 0.254 e. The van der Waals surface area contributed by atoms with Crippen LogP contribution in [0.1, 0.15) is 34.4 Å². The second-order valence-corrected chi connectivity index (χ2v) is 4.68. The van der Waals surface area contributed by atoms with Crippen molar-refractivity contribution in [2.24, 2.45) is 0 Å². The molecule has 0 fully saturated rings. The van der Waals surface area contributed by atoms with Crippen LogP contribution in [0.15, 0.2) is 30.5 Å². The molecule has 0 aliphatic rings. The van der Waals surface area contributed by atoms with Crippen LogP contribution in [0.25, 0.3) is 0 Å². The third-order valence-corrected chi connectivity index (χ3v) is 3.03. The van der Waals surface area contributed by atoms with Gasteiger partial charge in [0.15, 0.2) is 0 Å². The third kappa shape index (κ3) is 4.02. The molecule has 0 saturated carbocycles. The molecule has 0 radical (unpaired) electrons. The minimum Gasteiger partial charge on any atom is -0.494 e. The van der Waals surface area contributed by atoms with Gasteiger partial charge in [-0.05, 0) is 38.5 Å². The molecule has 1 aromatic heterocycles. The molecule has 1 aromatic carbocycles. The molecule has 1 amide bonds. The Hall–Kier alpha value is -2.43. The van der Waals surface area contributed by atoms with E-state index >= 15 is 0 Å². The number of hydrogen-bond acceptors (Lipinski definition) is 4. The molecule has 110 valence electrons. The Balaban J connectivity index is 1.97. The first-order chi connectivity index (χ1) is 10.1. The number of carbonyl (C=O) groups excluding carboxylic acids is 1. The number of carbonyl (C=O) groups is 1. The SMILES string of the molecule is CCOc1ccc(CNC(=O)c2cnc(C)nc2C)cc1. The molecule has 0 bridgehead atoms. The summed E-state index contributed by atoms with van der Waals surface area (Å²) >= 11 is 0. The van der Waals surface area contributed by atoms with Crippen molar-refractivity contribution < 1.29 is 9.53 Å². The van der Waals surface area contributed by atoms with E-state index in [-0.39, 0.29) is 5.91 Å². The van der Waals surface area contributed by atoms with Crippen LogP contribution < -0.4 is 10.1 Å². The number of nitrogens with one attached hydrogen (secondary N) is 1. The average Bonchev–Trinajstić information content (AvgIpc) is 2.46. The Morgan fingerprint density at radius 1 is 1.24 bits per heavy atom. The highest BCUT2D eigenvalue weighted by Gasteiger charge is 2.10. The minimum atomic E-state index is -0.165. The first kappa shape index (κ1) is 15.0. The first-order valence-corrected chi connectivity index (χ1v) is 6.90. The zero-order valence-electron chi connectivity index (χ0n) is 12.5. The Kier molecular flexibility index (Phi) is 4.87. The van der Waals surface area contributed by atoms with Crippen LogP contribution >= 0.6 is 0 Å². The van der Waals surface area contributed by atoms with Gasteiger partial charge in [0.2, 0.25) is 0 Å². The Labute approximate surface area is 124 Å². The summed E-state index contributed by atoms with van der Waals surface area (Å²) in [5, 5.41) is 2.87. The van der Waals surface area contributed by atoms with Gasteiger partial charge in [0.1, 0.15) is 11.6 Å². The molecule has 0 unspecified atom stereocenters. The maximum atomic E-state index is 12.1. The van der Waals surface area contributed by atoms with E-state index in [1.165, 1.54) is 0 Å². The fourth-order valence-electron chi connectivity index (χ4n) is 1.95. The number of aryl methyl sites for hydroxylation is 2. The van der Waals surface area contributed by atoms with E-state index in [1.54, 1.807) is 20.0 Å². The predicted molar refractivity (Wildman–Crippen MR) is 80.3 cm³/mol. The molecule has 1 N–H and O–H groups in total. The molecule has 21 heavy (non-hydrogen) atoms. The second-order valence-electron chi connectivity index (χ2n) is 4.68. The zero-order chi connectivity index (χ0) is 15.2. The van der Waals surface area contributed by atoms with Gasteiger partial charge in [-0.25, -0.2) is 9.97 Å². The number of aromatic nitrogens is 2. The highest BCUT2D eigenvalue weighted by Crippen LogP contribution is 2.12. The van der Waals surface area contributed by atoms with Gasteiger partial charge in [-0.1, -0.05) is 12.1 Å². The van der Waals surface area contributed by atoms with Gasteiger partial charge in [-0.15, -0.1) is 0 Å². The molecule has 5 heteroatoms. The predicted octanol–water partition coefficient (Wildman–Crippen LogP) is 2.42. The van der Waals surface area contributed by atoms with Crippen LogP contribution in [0.3, 0.4) is 0 Å². The summed E-state index contributed by atoms with van der Waals surface area (Å²) in [6.07, 6.45) is 1.56. The van der Waals surface area contributed by atoms with Crippen LogP contribution in [-0.2, 0) is 6.54 Å². The highest BCUT2D eigenvalue weighted by atomic mass is 16.5. The lowest BCUT2D eigenvalue weighted by atomic mass is 10.2. The standard InChI is InChI=1S/C16H19N3O2/c1-4-21-14-7-5-13(6-8-14)9-18-16(20)15-10-17-12(3)19-11(15)2/h5-8,10H,4,9H2,1-3H3,(H,18,20). The lowest BCUT2D eigenvalue weighted by Gasteiger charge is -2.08. The zero-order valence-corrected chi connectivity index (χ0v) is 12.5. The number of benzene rings is 1. The summed E-state index contributed by atoms with van der Waals surface area (Å²) in [4.78, 5) is 20.4. The van der Waals surface area contributed by atoms with Crippen molar-refractivity contribution >= 4 is 5.91 Å². The van der Waals surface area contributed by atoms with Gasteiger partial charge in [0.05, 0.1) is 17.9 Å². The average molecular weight is 285 g/mol. The summed E-state index contributed by atoms with van der Waals surface area (Å²) in [6, 6.07) is 7.66. The quantitative estimate of drug-likeness (QED) is 0.916. The second kappa shape index (κ2) is 6.83. The van der Waals surface area contributed by atoms with Gasteiger partial charge < -0.3 is 10.1 Å². The van der Waals surface area contributed by atoms with Crippen molar-refractivity contribution in [1.29, 1.82) is 0 Å². The smallest absolute Gasteiger partial charge is 0.254 e. The van der Waals surface area contributed by atoms with E-state index in [0.717, 1.165) is 11.3 Å². The van der Waals surface area contributed by atoms with E-state index in [2.05, 4.69) is 15.3 Å². The van der Waals surface area contributed by atoms with Crippen LogP contribution in [0, 0.1) is 13.8 Å². The lowest BCUT2D eigenvalue weighted by Crippen LogP contribution is -2.24. The normalized spacial score (nSPS) is 10.2. The summed E-state index contributed by atoms with van der Waals surface area (Å²) in [5.74, 6) is 1.33. The van der Waals surface area contributed by atoms with Crippen LogP contribution in [0.5, 0.6) is 5.75 Å². The van der Waals surface area contributed by atoms with E-state index in [4.69, 9.17) is 4.74 Å². The van der Waals surface area contributed by atoms with Crippen molar-refractivity contribution in [3.63, 3.8) is 0 Å². The largest absolute Gasteiger partial charge is 0.494 e. The molecule has 1 heterocycles. The molecule has 0 atom stereocenters. The van der Waals surface area contributed by atoms with Gasteiger partial charge in [0.25, 0.3) is 5.91 Å². The van der Waals surface area contributed by atoms with Gasteiger partial charge in [-0.3, -0.25) is 4.79 Å². The number of amides is 1. The number of hydrogen-bond donors (Lipinski definition) is 1. The molecule has 0 saturated heterocycles. The number of rotatable bonds is 5. The van der Waals surface area contributed by atoms with Crippen LogP contribution in [0.2, 0.25) is 0 Å². The molecular formula is C16H19N3O2. The summed E-state index contributed by atoms with van der Waals surface area (Å²) in [7, 11) is 0. The highest BCUT2D eigenvalue weighted by molar-refractivity contribution is 5.94. The fourth-order valence-corrected chi connectivity index (χ4v) is 1.95. The van der Waals surface area contributed by atoms with Crippen LogP contribution in [0.4, 0.5) is 0 Å². The number of ether oxygens (including phenoxy) is 1. The van der Waals surface area contributed by atoms with E-state index in [9.17, 15) is 4.79 Å². The van der Waals surface area contributed by atoms with Gasteiger partial charge in [0, 0.05) is 12.7 Å². The van der Waals surface area contributed by atoms with Crippen LogP contribution in [-0.4, -0.2) is 22.5 Å². The monoisotopic (exact) mass is 285 g/mol. The Bertz CT molecular complexity index is 624. The topological polar surface area (TPSA) is 64.1 Å². The first-order valence-electron chi connectivity index (χ1n) is 6.90. The van der Waals surface area contributed by atoms with E-state index < -0.39 is 0 Å². The molecule has 0 aliphatic heterocycles. The van der Waals surface area contributed by atoms with Crippen molar-refractivity contribution in [3.8, 4) is 5.75 Å². The minimum absolute atomic E-state index is 0.165. The molecule has 0 spiro atoms. The summed E-state index contributed by atoms with van der Waals surface area (Å²) in [5.41, 5.74) is 2.20. The molecule has 0 aliphatic carbocycles. The van der Waals surface area contributed by atoms with Gasteiger partial charge in [-0.2, -0.15) is 0 Å². The lowest BCUT2D eigenvalue weighted by molar-refractivity contribution is 0.0949. The van der Waals surface area contributed by atoms with E-state index in [0.29, 0.717) is 30.2 Å². The van der Waals surface area contributed by atoms with Gasteiger partial charge >= 0.3 is 0 Å². The van der Waals surface area contributed by atoms with E-state index in [1.807, 2.05) is 31.2 Å². The van der Waals surface area contributed by atoms with Crippen molar-refractivity contribution in [1.82, 2.24) is 15.3 Å². The summed E-state index contributed by atoms with van der Waals surface area (Å²) in [6.45, 7) is 6.65. The van der Waals surface area contributed by atoms with Crippen molar-refractivity contribution in [2.75, 3.05) is 6.61 Å². The third-order valence-electron chi connectivity index (χ3n) is 3.03. The maximum absolute atomic E-state index is 12.1. The molecule has 2 rings (SSSR count). The number of nitrogens with zero attached hydrogens (tertiary/aromatic N) is 2. The fraction of sp³-hybridized carbons (Fsp3) is 0.312. The Morgan fingerprint density at radius 3 is 2.57 bits per heavy atom. The van der Waals surface area contributed by atoms with Crippen molar-refractivity contribution in [2.45, 2.75) is 27.3 Å². The summed E-state index contributed by atoms with van der Waals surface area (Å²) < 4.78 is 5.38. The molecule has 2 aromatic rings. The Morgan fingerprint density at radius 2 is 1.95 bits per heavy atom.